The van der Waals surface area contributed by atoms with Crippen molar-refractivity contribution in [2.24, 2.45) is 0 Å². The molecule has 0 fully saturated rings. The molecule has 0 aliphatic heterocycles. The van der Waals surface area contributed by atoms with Gasteiger partial charge in [0.1, 0.15) is 0 Å². The van der Waals surface area contributed by atoms with E-state index in [1.165, 1.54) is 0 Å². The summed E-state index contributed by atoms with van der Waals surface area (Å²) in [6.45, 7) is 3.92. The molecule has 0 radical (unpaired) electrons. The van der Waals surface area contributed by atoms with Gasteiger partial charge in [-0.3, -0.25) is 0 Å². The van der Waals surface area contributed by atoms with Crippen LogP contribution in [-0.2, 0) is 4.43 Å². The number of rotatable bonds is 6. The Hall–Kier alpha value is 0.497. The zero-order valence-electron chi connectivity index (χ0n) is 6.78. The average molecular weight is 213 g/mol. The lowest BCUT2D eigenvalue weighted by Crippen LogP contribution is -2.23. The van der Waals surface area contributed by atoms with E-state index in [1.54, 1.807) is 6.08 Å². The van der Waals surface area contributed by atoms with Crippen molar-refractivity contribution in [3.05, 3.63) is 12.7 Å². The van der Waals surface area contributed by atoms with Crippen LogP contribution in [0.25, 0.3) is 0 Å². The summed E-state index contributed by atoms with van der Waals surface area (Å²) in [5.41, 5.74) is 0. The minimum atomic E-state index is -2.41. The molecule has 0 aromatic rings. The smallest absolute Gasteiger partial charge is 0.392 e. The molecule has 11 heavy (non-hydrogen) atoms. The molecule has 0 bridgehead atoms. The first-order chi connectivity index (χ1) is 5.12. The average Bonchev–Trinajstić information content (AvgIpc) is 1.87. The maximum atomic E-state index is 5.88. The SMILES string of the molecule is C=CC[Si](Cl)(Cl)OCCCC. The predicted molar refractivity (Wildman–Crippen MR) is 53.3 cm³/mol. The Morgan fingerprint density at radius 3 is 2.64 bits per heavy atom. The standard InChI is InChI=1S/C7H14Cl2OSi/c1-3-5-6-10-11(8,9)7-4-2/h4H,2-3,5-7H2,1H3. The quantitative estimate of drug-likeness (QED) is 0.284. The van der Waals surface area contributed by atoms with Crippen molar-refractivity contribution >= 4 is 29.1 Å². The third kappa shape index (κ3) is 6.88. The van der Waals surface area contributed by atoms with E-state index >= 15 is 0 Å². The van der Waals surface area contributed by atoms with Crippen molar-refractivity contribution in [2.45, 2.75) is 25.8 Å². The van der Waals surface area contributed by atoms with Crippen LogP contribution in [0.15, 0.2) is 12.7 Å². The van der Waals surface area contributed by atoms with Gasteiger partial charge in [0.25, 0.3) is 0 Å². The molecule has 0 aliphatic carbocycles. The largest absolute Gasteiger partial charge is 0.393 e. The Labute approximate surface area is 78.9 Å². The van der Waals surface area contributed by atoms with Crippen molar-refractivity contribution in [2.75, 3.05) is 6.61 Å². The van der Waals surface area contributed by atoms with Crippen molar-refractivity contribution in [3.8, 4) is 0 Å². The summed E-state index contributed by atoms with van der Waals surface area (Å²) in [7, 11) is 0. The van der Waals surface area contributed by atoms with Crippen LogP contribution in [0.5, 0.6) is 0 Å². The fourth-order valence-corrected chi connectivity index (χ4v) is 2.61. The molecule has 0 rings (SSSR count). The van der Waals surface area contributed by atoms with Gasteiger partial charge in [-0.05, 0) is 6.42 Å². The zero-order valence-corrected chi connectivity index (χ0v) is 9.29. The van der Waals surface area contributed by atoms with Crippen LogP contribution >= 0.6 is 22.2 Å². The van der Waals surface area contributed by atoms with Crippen LogP contribution < -0.4 is 0 Å². The van der Waals surface area contributed by atoms with E-state index in [0.717, 1.165) is 12.8 Å². The lowest BCUT2D eigenvalue weighted by molar-refractivity contribution is 0.317. The van der Waals surface area contributed by atoms with Gasteiger partial charge in [0, 0.05) is 12.7 Å². The van der Waals surface area contributed by atoms with Gasteiger partial charge in [-0.2, -0.15) is 0 Å². The van der Waals surface area contributed by atoms with Crippen LogP contribution in [0, 0.1) is 0 Å². The summed E-state index contributed by atoms with van der Waals surface area (Å²) >= 11 is 11.8. The summed E-state index contributed by atoms with van der Waals surface area (Å²) in [6, 6.07) is 0.597. The molecule has 0 spiro atoms. The third-order valence-electron chi connectivity index (χ3n) is 1.19. The molecule has 0 heterocycles. The first-order valence-corrected chi connectivity index (χ1v) is 7.89. The summed E-state index contributed by atoms with van der Waals surface area (Å²) in [4.78, 5) is 0. The number of unbranched alkanes of at least 4 members (excludes halogenated alkanes) is 1. The van der Waals surface area contributed by atoms with Crippen molar-refractivity contribution in [3.63, 3.8) is 0 Å². The Kier molecular flexibility index (Phi) is 6.34. The molecule has 0 atom stereocenters. The Morgan fingerprint density at radius 1 is 1.55 bits per heavy atom. The van der Waals surface area contributed by atoms with Gasteiger partial charge >= 0.3 is 6.94 Å². The molecule has 0 saturated heterocycles. The highest BCUT2D eigenvalue weighted by Crippen LogP contribution is 2.22. The van der Waals surface area contributed by atoms with Crippen molar-refractivity contribution < 1.29 is 4.43 Å². The molecule has 66 valence electrons. The molecule has 0 unspecified atom stereocenters. The fourth-order valence-electron chi connectivity index (χ4n) is 0.593. The number of halogens is 2. The molecule has 0 aromatic carbocycles. The van der Waals surface area contributed by atoms with Crippen molar-refractivity contribution in [1.82, 2.24) is 0 Å². The summed E-state index contributed by atoms with van der Waals surface area (Å²) in [5, 5.41) is 0. The monoisotopic (exact) mass is 212 g/mol. The van der Waals surface area contributed by atoms with E-state index in [4.69, 9.17) is 26.6 Å². The summed E-state index contributed by atoms with van der Waals surface area (Å²) < 4.78 is 5.31. The molecule has 0 N–H and O–H groups in total. The van der Waals surface area contributed by atoms with E-state index in [1.807, 2.05) is 0 Å². The topological polar surface area (TPSA) is 9.23 Å². The van der Waals surface area contributed by atoms with Crippen LogP contribution in [0.4, 0.5) is 0 Å². The maximum absolute atomic E-state index is 5.88. The molecular formula is C7H14Cl2OSi. The zero-order chi connectivity index (χ0) is 8.74. The van der Waals surface area contributed by atoms with Gasteiger partial charge in [0.15, 0.2) is 0 Å². The highest BCUT2D eigenvalue weighted by molar-refractivity contribution is 7.42. The minimum absolute atomic E-state index is 0.597. The minimum Gasteiger partial charge on any atom is -0.392 e. The lowest BCUT2D eigenvalue weighted by Gasteiger charge is -2.14. The van der Waals surface area contributed by atoms with E-state index in [0.29, 0.717) is 12.7 Å². The maximum Gasteiger partial charge on any atom is 0.393 e. The second-order valence-electron chi connectivity index (χ2n) is 2.33. The lowest BCUT2D eigenvalue weighted by atomic mass is 10.4. The summed E-state index contributed by atoms with van der Waals surface area (Å²) in [5.74, 6) is 0. The Morgan fingerprint density at radius 2 is 2.18 bits per heavy atom. The van der Waals surface area contributed by atoms with Gasteiger partial charge < -0.3 is 4.43 Å². The predicted octanol–water partition coefficient (Wildman–Crippen LogP) is 3.41. The second kappa shape index (κ2) is 6.06. The number of hydrogen-bond acceptors (Lipinski definition) is 1. The molecule has 0 amide bonds. The molecule has 1 nitrogen and oxygen atoms in total. The van der Waals surface area contributed by atoms with Crippen LogP contribution in [0.3, 0.4) is 0 Å². The van der Waals surface area contributed by atoms with Crippen LogP contribution in [-0.4, -0.2) is 13.5 Å². The third-order valence-corrected chi connectivity index (χ3v) is 4.16. The highest BCUT2D eigenvalue weighted by Gasteiger charge is 2.28. The van der Waals surface area contributed by atoms with E-state index in [-0.39, 0.29) is 0 Å². The van der Waals surface area contributed by atoms with Crippen LogP contribution in [0.2, 0.25) is 6.04 Å². The van der Waals surface area contributed by atoms with Gasteiger partial charge in [-0.25, -0.2) is 0 Å². The molecule has 0 saturated carbocycles. The second-order valence-corrected chi connectivity index (χ2v) is 8.55. The van der Waals surface area contributed by atoms with E-state index in [9.17, 15) is 0 Å². The number of hydrogen-bond donors (Lipinski definition) is 0. The van der Waals surface area contributed by atoms with Crippen LogP contribution in [0.1, 0.15) is 19.8 Å². The number of allylic oxidation sites excluding steroid dienone is 1. The van der Waals surface area contributed by atoms with E-state index in [2.05, 4.69) is 13.5 Å². The van der Waals surface area contributed by atoms with E-state index < -0.39 is 6.94 Å². The van der Waals surface area contributed by atoms with Gasteiger partial charge in [0.2, 0.25) is 0 Å². The molecule has 0 aromatic heterocycles. The van der Waals surface area contributed by atoms with Gasteiger partial charge in [-0.15, -0.1) is 28.7 Å². The van der Waals surface area contributed by atoms with Gasteiger partial charge in [0.05, 0.1) is 0 Å². The molecule has 4 heteroatoms. The Bertz CT molecular complexity index is 117. The highest BCUT2D eigenvalue weighted by atomic mass is 35.7. The van der Waals surface area contributed by atoms with Crippen molar-refractivity contribution in [1.29, 1.82) is 0 Å². The molecular weight excluding hydrogens is 199 g/mol. The Balaban J connectivity index is 3.45. The molecule has 0 aliphatic rings. The van der Waals surface area contributed by atoms with Gasteiger partial charge in [-0.1, -0.05) is 19.4 Å². The first-order valence-electron chi connectivity index (χ1n) is 3.75. The summed E-state index contributed by atoms with van der Waals surface area (Å²) in [6.07, 6.45) is 3.83. The fraction of sp³-hybridized carbons (Fsp3) is 0.714. The normalized spacial score (nSPS) is 11.5. The first kappa shape index (κ1) is 11.5.